The number of hydrogen-bond acceptors (Lipinski definition) is 5. The third-order valence-electron chi connectivity index (χ3n) is 6.77. The number of rotatable bonds is 10. The number of piperidine rings is 1. The van der Waals surface area contributed by atoms with Crippen molar-refractivity contribution in [3.63, 3.8) is 0 Å². The van der Waals surface area contributed by atoms with E-state index in [1.807, 2.05) is 36.2 Å². The molecule has 6 nitrogen and oxygen atoms in total. The minimum absolute atomic E-state index is 0.238. The fourth-order valence-corrected chi connectivity index (χ4v) is 5.85. The van der Waals surface area contributed by atoms with Crippen molar-refractivity contribution in [3.8, 4) is 5.75 Å². The van der Waals surface area contributed by atoms with Gasteiger partial charge in [-0.3, -0.25) is 9.78 Å². The predicted molar refractivity (Wildman–Crippen MR) is 133 cm³/mol. The zero-order valence-corrected chi connectivity index (χ0v) is 20.3. The highest BCUT2D eigenvalue weighted by Gasteiger charge is 2.33. The molecule has 1 aliphatic heterocycles. The number of hydrogen-bond donors (Lipinski definition) is 1. The molecule has 2 aromatic heterocycles. The summed E-state index contributed by atoms with van der Waals surface area (Å²) in [5.74, 6) is 1.11. The molecule has 0 saturated carbocycles. The maximum atomic E-state index is 12.0. The Morgan fingerprint density at radius 3 is 2.94 bits per heavy atom. The predicted octanol–water partition coefficient (Wildman–Crippen LogP) is 4.72. The Balaban J connectivity index is 1.30. The normalized spacial score (nSPS) is 19.1. The number of carboxylic acids is 1. The maximum absolute atomic E-state index is 12.0. The molecule has 1 N–H and O–H groups in total. The zero-order valence-electron chi connectivity index (χ0n) is 19.4. The number of ether oxygens (including phenoxy) is 1. The lowest BCUT2D eigenvalue weighted by Gasteiger charge is -2.36. The van der Waals surface area contributed by atoms with Gasteiger partial charge >= 0.3 is 5.97 Å². The third-order valence-corrected chi connectivity index (χ3v) is 7.88. The van der Waals surface area contributed by atoms with Crippen LogP contribution >= 0.6 is 11.8 Å². The van der Waals surface area contributed by atoms with Crippen molar-refractivity contribution in [3.05, 3.63) is 54.4 Å². The lowest BCUT2D eigenvalue weighted by molar-refractivity contribution is -0.146. The van der Waals surface area contributed by atoms with Crippen molar-refractivity contribution in [1.82, 2.24) is 14.5 Å². The van der Waals surface area contributed by atoms with Crippen molar-refractivity contribution < 1.29 is 14.6 Å². The number of nitrogens with zero attached hydrogens (tertiary/aromatic N) is 3. The van der Waals surface area contributed by atoms with Crippen molar-refractivity contribution >= 4 is 28.6 Å². The number of thioether (sulfide) groups is 1. The van der Waals surface area contributed by atoms with Crippen LogP contribution in [0.25, 0.3) is 10.9 Å². The molecule has 176 valence electrons. The molecule has 4 rings (SSSR count). The van der Waals surface area contributed by atoms with Crippen LogP contribution in [-0.2, 0) is 18.3 Å². The molecule has 3 heterocycles. The first-order valence-corrected chi connectivity index (χ1v) is 12.6. The molecule has 1 fully saturated rings. The Bertz CT molecular complexity index is 1080. The van der Waals surface area contributed by atoms with Crippen molar-refractivity contribution in [1.29, 1.82) is 0 Å². The molecule has 0 bridgehead atoms. The van der Waals surface area contributed by atoms with Gasteiger partial charge in [-0.15, -0.1) is 11.8 Å². The molecule has 33 heavy (non-hydrogen) atoms. The molecule has 0 amide bonds. The number of aryl methyl sites for hydroxylation is 2. The van der Waals surface area contributed by atoms with Crippen molar-refractivity contribution in [2.45, 2.75) is 30.7 Å². The topological polar surface area (TPSA) is 67.6 Å². The van der Waals surface area contributed by atoms with Gasteiger partial charge < -0.3 is 19.3 Å². The van der Waals surface area contributed by atoms with Crippen LogP contribution < -0.4 is 4.74 Å². The fourth-order valence-electron chi connectivity index (χ4n) is 4.85. The number of aliphatic carboxylic acids is 1. The monoisotopic (exact) mass is 467 g/mol. The molecule has 2 atom stereocenters. The largest absolute Gasteiger partial charge is 0.497 e. The van der Waals surface area contributed by atoms with E-state index >= 15 is 0 Å². The number of pyridine rings is 1. The Morgan fingerprint density at radius 2 is 2.18 bits per heavy atom. The molecular formula is C26H33N3O3S. The van der Waals surface area contributed by atoms with Crippen LogP contribution in [0.2, 0.25) is 0 Å². The molecular weight excluding hydrogens is 434 g/mol. The second-order valence-corrected chi connectivity index (χ2v) is 9.96. The minimum atomic E-state index is -0.654. The Kier molecular flexibility index (Phi) is 7.93. The van der Waals surface area contributed by atoms with Gasteiger partial charge in [0.05, 0.1) is 23.6 Å². The van der Waals surface area contributed by atoms with Gasteiger partial charge in [0.25, 0.3) is 0 Å². The average Bonchev–Trinajstić information content (AvgIpc) is 3.24. The number of fused-ring (bicyclic) bond motifs is 1. The third kappa shape index (κ3) is 5.89. The summed E-state index contributed by atoms with van der Waals surface area (Å²) in [5.41, 5.74) is 2.22. The molecule has 1 aliphatic rings. The van der Waals surface area contributed by atoms with Crippen LogP contribution in [0.3, 0.4) is 0 Å². The SMILES string of the molecule is COc1ccc2nccc(CCC[C@@H]3CCN(CCSc4cccn4C)C[C@@H]3C(=O)O)c2c1. The summed E-state index contributed by atoms with van der Waals surface area (Å²) in [7, 11) is 3.73. The Labute approximate surface area is 199 Å². The Hall–Kier alpha value is -2.51. The first kappa shape index (κ1) is 23.6. The van der Waals surface area contributed by atoms with Crippen LogP contribution in [0, 0.1) is 11.8 Å². The summed E-state index contributed by atoms with van der Waals surface area (Å²) in [6.45, 7) is 2.57. The maximum Gasteiger partial charge on any atom is 0.308 e. The van der Waals surface area contributed by atoms with Gasteiger partial charge in [-0.05, 0) is 80.1 Å². The number of carbonyl (C=O) groups is 1. The van der Waals surface area contributed by atoms with Gasteiger partial charge in [-0.1, -0.05) is 0 Å². The number of aromatic nitrogens is 2. The lowest BCUT2D eigenvalue weighted by Crippen LogP contribution is -2.44. The number of carboxylic acid groups (broad SMARTS) is 1. The second-order valence-electron chi connectivity index (χ2n) is 8.85. The quantitative estimate of drug-likeness (QED) is 0.435. The highest BCUT2D eigenvalue weighted by molar-refractivity contribution is 7.99. The number of likely N-dealkylation sites (tertiary alicyclic amines) is 1. The van der Waals surface area contributed by atoms with E-state index in [1.165, 1.54) is 10.6 Å². The van der Waals surface area contributed by atoms with Gasteiger partial charge in [-0.2, -0.15) is 0 Å². The standard InChI is InChI=1S/C26H33N3O3S/c1-28-13-4-7-25(28)33-16-15-29-14-11-20(23(18-29)26(30)31)6-3-5-19-10-12-27-24-9-8-21(32-2)17-22(19)24/h4,7-10,12-13,17,20,23H,3,5-6,11,14-16,18H2,1-2H3,(H,30,31)/t20-,23+/m1/s1. The number of benzene rings is 1. The van der Waals surface area contributed by atoms with Crippen LogP contribution in [0.5, 0.6) is 5.75 Å². The van der Waals surface area contributed by atoms with Gasteiger partial charge in [0.1, 0.15) is 5.75 Å². The van der Waals surface area contributed by atoms with E-state index < -0.39 is 5.97 Å². The summed E-state index contributed by atoms with van der Waals surface area (Å²) in [4.78, 5) is 18.8. The summed E-state index contributed by atoms with van der Waals surface area (Å²) < 4.78 is 7.51. The molecule has 1 aromatic carbocycles. The van der Waals surface area contributed by atoms with E-state index in [4.69, 9.17) is 4.74 Å². The summed E-state index contributed by atoms with van der Waals surface area (Å²) in [5, 5.41) is 12.3. The fraction of sp³-hybridized carbons (Fsp3) is 0.462. The molecule has 0 aliphatic carbocycles. The molecule has 0 unspecified atom stereocenters. The van der Waals surface area contributed by atoms with E-state index in [1.54, 1.807) is 7.11 Å². The van der Waals surface area contributed by atoms with Gasteiger partial charge in [0, 0.05) is 43.7 Å². The van der Waals surface area contributed by atoms with Crippen LogP contribution in [-0.4, -0.2) is 58.0 Å². The molecule has 0 radical (unpaired) electrons. The summed E-state index contributed by atoms with van der Waals surface area (Å²) in [6, 6.07) is 12.2. The van der Waals surface area contributed by atoms with Gasteiger partial charge in [-0.25, -0.2) is 0 Å². The van der Waals surface area contributed by atoms with Gasteiger partial charge in [0.2, 0.25) is 0 Å². The first-order valence-electron chi connectivity index (χ1n) is 11.7. The van der Waals surface area contributed by atoms with E-state index in [0.717, 1.165) is 61.2 Å². The second kappa shape index (κ2) is 11.1. The van der Waals surface area contributed by atoms with Crippen molar-refractivity contribution in [2.24, 2.45) is 18.9 Å². The summed E-state index contributed by atoms with van der Waals surface area (Å²) in [6.07, 6.45) is 7.71. The van der Waals surface area contributed by atoms with E-state index in [9.17, 15) is 9.90 Å². The highest BCUT2D eigenvalue weighted by Crippen LogP contribution is 2.30. The molecule has 3 aromatic rings. The van der Waals surface area contributed by atoms with Crippen LogP contribution in [0.15, 0.2) is 53.8 Å². The lowest BCUT2D eigenvalue weighted by atomic mass is 9.81. The van der Waals surface area contributed by atoms with Crippen molar-refractivity contribution in [2.75, 3.05) is 32.5 Å². The molecule has 7 heteroatoms. The molecule has 0 spiro atoms. The average molecular weight is 468 g/mol. The minimum Gasteiger partial charge on any atom is -0.497 e. The summed E-state index contributed by atoms with van der Waals surface area (Å²) >= 11 is 1.83. The van der Waals surface area contributed by atoms with E-state index in [2.05, 4.69) is 45.9 Å². The zero-order chi connectivity index (χ0) is 23.2. The Morgan fingerprint density at radius 1 is 1.30 bits per heavy atom. The smallest absolute Gasteiger partial charge is 0.308 e. The first-order chi connectivity index (χ1) is 16.0. The molecule has 1 saturated heterocycles. The van der Waals surface area contributed by atoms with E-state index in [-0.39, 0.29) is 11.8 Å². The number of methoxy groups -OCH3 is 1. The highest BCUT2D eigenvalue weighted by atomic mass is 32.2. The van der Waals surface area contributed by atoms with Crippen LogP contribution in [0.4, 0.5) is 0 Å². The van der Waals surface area contributed by atoms with Crippen LogP contribution in [0.1, 0.15) is 24.8 Å². The van der Waals surface area contributed by atoms with Gasteiger partial charge in [0.15, 0.2) is 0 Å². The van der Waals surface area contributed by atoms with E-state index in [0.29, 0.717) is 6.54 Å².